The summed E-state index contributed by atoms with van der Waals surface area (Å²) in [4.78, 5) is 24.4. The van der Waals surface area contributed by atoms with Crippen molar-refractivity contribution in [2.75, 3.05) is 13.1 Å². The molecule has 0 bridgehead atoms. The standard InChI is InChI=1S/C11H15N3O3/c15-10(16)4-8-14-9(3-5-12-14)11(17)13-6-1-2-7-13/h3,5H,1-2,4,6-8H2,(H,15,16). The van der Waals surface area contributed by atoms with E-state index in [1.54, 1.807) is 11.0 Å². The maximum atomic E-state index is 12.1. The van der Waals surface area contributed by atoms with E-state index < -0.39 is 5.97 Å². The van der Waals surface area contributed by atoms with Crippen molar-refractivity contribution < 1.29 is 14.7 Å². The van der Waals surface area contributed by atoms with Crippen LogP contribution in [0.4, 0.5) is 0 Å². The van der Waals surface area contributed by atoms with Crippen LogP contribution < -0.4 is 0 Å². The lowest BCUT2D eigenvalue weighted by Gasteiger charge is -2.15. The van der Waals surface area contributed by atoms with E-state index in [2.05, 4.69) is 5.10 Å². The molecular formula is C11H15N3O3. The third-order valence-corrected chi connectivity index (χ3v) is 2.87. The normalized spacial score (nSPS) is 15.2. The first-order chi connectivity index (χ1) is 8.18. The van der Waals surface area contributed by atoms with Crippen molar-refractivity contribution >= 4 is 11.9 Å². The van der Waals surface area contributed by atoms with Crippen LogP contribution in [0.15, 0.2) is 12.3 Å². The van der Waals surface area contributed by atoms with Gasteiger partial charge in [-0.3, -0.25) is 14.3 Å². The predicted molar refractivity (Wildman–Crippen MR) is 59.6 cm³/mol. The maximum Gasteiger partial charge on any atom is 0.305 e. The van der Waals surface area contributed by atoms with Crippen LogP contribution >= 0.6 is 0 Å². The summed E-state index contributed by atoms with van der Waals surface area (Å²) in [6, 6.07) is 1.64. The van der Waals surface area contributed by atoms with Crippen molar-refractivity contribution in [1.29, 1.82) is 0 Å². The van der Waals surface area contributed by atoms with Crippen molar-refractivity contribution in [1.82, 2.24) is 14.7 Å². The number of hydrogen-bond acceptors (Lipinski definition) is 3. The number of aryl methyl sites for hydroxylation is 1. The Kier molecular flexibility index (Phi) is 3.41. The minimum Gasteiger partial charge on any atom is -0.481 e. The second-order valence-corrected chi connectivity index (χ2v) is 4.08. The van der Waals surface area contributed by atoms with Gasteiger partial charge in [0.25, 0.3) is 5.91 Å². The molecule has 0 aromatic carbocycles. The third-order valence-electron chi connectivity index (χ3n) is 2.87. The van der Waals surface area contributed by atoms with Gasteiger partial charge in [-0.15, -0.1) is 0 Å². The van der Waals surface area contributed by atoms with Gasteiger partial charge in [0.15, 0.2) is 0 Å². The number of likely N-dealkylation sites (tertiary alicyclic amines) is 1. The van der Waals surface area contributed by atoms with Crippen molar-refractivity contribution in [2.24, 2.45) is 0 Å². The Balaban J connectivity index is 2.06. The molecule has 0 aliphatic carbocycles. The van der Waals surface area contributed by atoms with E-state index in [0.29, 0.717) is 5.69 Å². The molecule has 1 saturated heterocycles. The molecule has 1 N–H and O–H groups in total. The first kappa shape index (κ1) is 11.6. The van der Waals surface area contributed by atoms with Gasteiger partial charge in [0, 0.05) is 19.3 Å². The topological polar surface area (TPSA) is 75.4 Å². The van der Waals surface area contributed by atoms with E-state index in [1.807, 2.05) is 0 Å². The number of carbonyl (C=O) groups excluding carboxylic acids is 1. The van der Waals surface area contributed by atoms with E-state index in [1.165, 1.54) is 10.9 Å². The van der Waals surface area contributed by atoms with Crippen LogP contribution in [0.2, 0.25) is 0 Å². The Morgan fingerprint density at radius 3 is 2.71 bits per heavy atom. The molecule has 0 spiro atoms. The molecule has 0 atom stereocenters. The van der Waals surface area contributed by atoms with Crippen molar-refractivity contribution in [2.45, 2.75) is 25.8 Å². The summed E-state index contributed by atoms with van der Waals surface area (Å²) in [5.41, 5.74) is 0.480. The second kappa shape index (κ2) is 4.99. The minimum atomic E-state index is -0.889. The molecule has 1 fully saturated rings. The van der Waals surface area contributed by atoms with Crippen LogP contribution in [0.3, 0.4) is 0 Å². The highest BCUT2D eigenvalue weighted by Gasteiger charge is 2.22. The SMILES string of the molecule is O=C(O)CCn1nccc1C(=O)N1CCCC1. The molecule has 0 radical (unpaired) electrons. The number of aliphatic carboxylic acids is 1. The Morgan fingerprint density at radius 1 is 1.35 bits per heavy atom. The quantitative estimate of drug-likeness (QED) is 0.831. The van der Waals surface area contributed by atoms with E-state index in [-0.39, 0.29) is 18.9 Å². The molecule has 1 aliphatic heterocycles. The fourth-order valence-electron chi connectivity index (χ4n) is 1.98. The van der Waals surface area contributed by atoms with Crippen LogP contribution in [-0.2, 0) is 11.3 Å². The lowest BCUT2D eigenvalue weighted by atomic mass is 10.3. The van der Waals surface area contributed by atoms with Crippen LogP contribution in [0.25, 0.3) is 0 Å². The average Bonchev–Trinajstić information content (AvgIpc) is 2.96. The number of carboxylic acids is 1. The lowest BCUT2D eigenvalue weighted by Crippen LogP contribution is -2.30. The molecule has 92 valence electrons. The molecule has 1 amide bonds. The van der Waals surface area contributed by atoms with E-state index in [4.69, 9.17) is 5.11 Å². The molecule has 2 rings (SSSR count). The van der Waals surface area contributed by atoms with Gasteiger partial charge in [0.2, 0.25) is 0 Å². The van der Waals surface area contributed by atoms with E-state index in [0.717, 1.165) is 25.9 Å². The molecule has 2 heterocycles. The zero-order valence-corrected chi connectivity index (χ0v) is 9.50. The Labute approximate surface area is 98.8 Å². The van der Waals surface area contributed by atoms with Gasteiger partial charge >= 0.3 is 5.97 Å². The number of rotatable bonds is 4. The first-order valence-corrected chi connectivity index (χ1v) is 5.71. The zero-order chi connectivity index (χ0) is 12.3. The van der Waals surface area contributed by atoms with Crippen LogP contribution in [0.5, 0.6) is 0 Å². The smallest absolute Gasteiger partial charge is 0.305 e. The Hall–Kier alpha value is -1.85. The van der Waals surface area contributed by atoms with Gasteiger partial charge in [0.05, 0.1) is 13.0 Å². The molecule has 1 aliphatic rings. The summed E-state index contributed by atoms with van der Waals surface area (Å²) in [7, 11) is 0. The molecule has 1 aromatic heterocycles. The number of aromatic nitrogens is 2. The fourth-order valence-corrected chi connectivity index (χ4v) is 1.98. The Morgan fingerprint density at radius 2 is 2.06 bits per heavy atom. The lowest BCUT2D eigenvalue weighted by molar-refractivity contribution is -0.137. The molecule has 0 saturated carbocycles. The highest BCUT2D eigenvalue weighted by molar-refractivity contribution is 5.92. The van der Waals surface area contributed by atoms with Gasteiger partial charge in [-0.2, -0.15) is 5.10 Å². The summed E-state index contributed by atoms with van der Waals surface area (Å²) in [6.45, 7) is 1.79. The number of hydrogen-bond donors (Lipinski definition) is 1. The average molecular weight is 237 g/mol. The van der Waals surface area contributed by atoms with Gasteiger partial charge in [-0.25, -0.2) is 0 Å². The van der Waals surface area contributed by atoms with Crippen LogP contribution in [0.1, 0.15) is 29.8 Å². The molecule has 1 aromatic rings. The summed E-state index contributed by atoms with van der Waals surface area (Å²) in [5, 5.41) is 12.6. The third kappa shape index (κ3) is 2.64. The number of carbonyl (C=O) groups is 2. The van der Waals surface area contributed by atoms with Crippen molar-refractivity contribution in [3.63, 3.8) is 0 Å². The first-order valence-electron chi connectivity index (χ1n) is 5.71. The molecular weight excluding hydrogens is 222 g/mol. The highest BCUT2D eigenvalue weighted by atomic mass is 16.4. The zero-order valence-electron chi connectivity index (χ0n) is 9.50. The largest absolute Gasteiger partial charge is 0.481 e. The van der Waals surface area contributed by atoms with Crippen LogP contribution in [0, 0.1) is 0 Å². The second-order valence-electron chi connectivity index (χ2n) is 4.08. The van der Waals surface area contributed by atoms with Gasteiger partial charge in [0.1, 0.15) is 5.69 Å². The van der Waals surface area contributed by atoms with Gasteiger partial charge < -0.3 is 10.0 Å². The van der Waals surface area contributed by atoms with Gasteiger partial charge in [-0.05, 0) is 18.9 Å². The molecule has 17 heavy (non-hydrogen) atoms. The minimum absolute atomic E-state index is 0.0258. The summed E-state index contributed by atoms with van der Waals surface area (Å²) in [6.07, 6.45) is 3.58. The fraction of sp³-hybridized carbons (Fsp3) is 0.545. The monoisotopic (exact) mass is 237 g/mol. The summed E-state index contributed by atoms with van der Waals surface area (Å²) in [5.74, 6) is -0.939. The summed E-state index contributed by atoms with van der Waals surface area (Å²) >= 11 is 0. The molecule has 6 heteroatoms. The molecule has 0 unspecified atom stereocenters. The van der Waals surface area contributed by atoms with Crippen LogP contribution in [-0.4, -0.2) is 44.8 Å². The van der Waals surface area contributed by atoms with Gasteiger partial charge in [-0.1, -0.05) is 0 Å². The predicted octanol–water partition coefficient (Wildman–Crippen LogP) is 0.594. The molecule has 6 nitrogen and oxygen atoms in total. The van der Waals surface area contributed by atoms with E-state index in [9.17, 15) is 9.59 Å². The van der Waals surface area contributed by atoms with Crippen molar-refractivity contribution in [3.05, 3.63) is 18.0 Å². The summed E-state index contributed by atoms with van der Waals surface area (Å²) < 4.78 is 1.47. The number of amides is 1. The number of nitrogens with zero attached hydrogens (tertiary/aromatic N) is 3. The van der Waals surface area contributed by atoms with E-state index >= 15 is 0 Å². The van der Waals surface area contributed by atoms with Crippen molar-refractivity contribution in [3.8, 4) is 0 Å². The highest BCUT2D eigenvalue weighted by Crippen LogP contribution is 2.12. The number of carboxylic acid groups (broad SMARTS) is 1. The Bertz CT molecular complexity index is 421. The maximum absolute atomic E-state index is 12.1.